The molecule has 0 aliphatic carbocycles. The van der Waals surface area contributed by atoms with Gasteiger partial charge in [-0.3, -0.25) is 0 Å². The molecular formula is C9H7F2. The maximum atomic E-state index is 12.7. The number of allylic oxidation sites excluding steroid dienone is 1. The van der Waals surface area contributed by atoms with E-state index in [2.05, 4.69) is 6.58 Å². The van der Waals surface area contributed by atoms with Gasteiger partial charge in [0.15, 0.2) is 0 Å². The Labute approximate surface area is 64.2 Å². The molecular weight excluding hydrogens is 146 g/mol. The molecule has 0 saturated heterocycles. The summed E-state index contributed by atoms with van der Waals surface area (Å²) in [4.78, 5) is 0. The Bertz CT molecular complexity index is 266. The summed E-state index contributed by atoms with van der Waals surface area (Å²) in [6.07, 6.45) is 2.83. The molecule has 2 heteroatoms. The van der Waals surface area contributed by atoms with Gasteiger partial charge in [0.1, 0.15) is 11.6 Å². The van der Waals surface area contributed by atoms with Crippen molar-refractivity contribution in [2.24, 2.45) is 0 Å². The van der Waals surface area contributed by atoms with Crippen molar-refractivity contribution in [3.8, 4) is 0 Å². The third-order valence-corrected chi connectivity index (χ3v) is 1.26. The summed E-state index contributed by atoms with van der Waals surface area (Å²) >= 11 is 0. The van der Waals surface area contributed by atoms with Crippen molar-refractivity contribution >= 4 is 0 Å². The van der Waals surface area contributed by atoms with E-state index in [0.29, 0.717) is 0 Å². The van der Waals surface area contributed by atoms with Crippen LogP contribution in [0.25, 0.3) is 0 Å². The van der Waals surface area contributed by atoms with Crippen molar-refractivity contribution in [1.29, 1.82) is 0 Å². The summed E-state index contributed by atoms with van der Waals surface area (Å²) in [6, 6.07) is 3.29. The smallest absolute Gasteiger partial charge is 0.127 e. The summed E-state index contributed by atoms with van der Waals surface area (Å²) < 4.78 is 25.2. The van der Waals surface area contributed by atoms with E-state index < -0.39 is 11.6 Å². The van der Waals surface area contributed by atoms with E-state index in [1.807, 2.05) is 0 Å². The van der Waals surface area contributed by atoms with Gasteiger partial charge in [-0.15, -0.1) is 6.58 Å². The molecule has 0 spiro atoms. The Morgan fingerprint density at radius 2 is 2.00 bits per heavy atom. The van der Waals surface area contributed by atoms with E-state index in [4.69, 9.17) is 0 Å². The van der Waals surface area contributed by atoms with E-state index in [0.717, 1.165) is 18.2 Å². The van der Waals surface area contributed by atoms with Crippen LogP contribution >= 0.6 is 0 Å². The minimum atomic E-state index is -0.445. The van der Waals surface area contributed by atoms with Crippen LogP contribution in [-0.4, -0.2) is 0 Å². The third-order valence-electron chi connectivity index (χ3n) is 1.26. The van der Waals surface area contributed by atoms with Crippen molar-refractivity contribution in [2.75, 3.05) is 0 Å². The second-order valence-corrected chi connectivity index (χ2v) is 2.07. The Morgan fingerprint density at radius 1 is 1.27 bits per heavy atom. The van der Waals surface area contributed by atoms with Gasteiger partial charge in [0.25, 0.3) is 0 Å². The molecule has 0 bridgehead atoms. The lowest BCUT2D eigenvalue weighted by atomic mass is 10.1. The van der Waals surface area contributed by atoms with E-state index >= 15 is 0 Å². The lowest BCUT2D eigenvalue weighted by molar-refractivity contribution is 0.594. The SMILES string of the molecule is C=C[CH]c1cc(F)ccc1F. The predicted molar refractivity (Wildman–Crippen MR) is 40.0 cm³/mol. The molecule has 1 radical (unpaired) electrons. The Balaban J connectivity index is 3.01. The van der Waals surface area contributed by atoms with Crippen LogP contribution in [0, 0.1) is 18.1 Å². The summed E-state index contributed by atoms with van der Waals surface area (Å²) in [5.41, 5.74) is 0.222. The van der Waals surface area contributed by atoms with Gasteiger partial charge in [-0.2, -0.15) is 0 Å². The second kappa shape index (κ2) is 3.28. The van der Waals surface area contributed by atoms with Crippen LogP contribution in [0.3, 0.4) is 0 Å². The highest BCUT2D eigenvalue weighted by atomic mass is 19.1. The topological polar surface area (TPSA) is 0 Å². The molecule has 0 N–H and O–H groups in total. The maximum absolute atomic E-state index is 12.7. The van der Waals surface area contributed by atoms with Crippen LogP contribution in [0.4, 0.5) is 8.78 Å². The fraction of sp³-hybridized carbons (Fsp3) is 0. The van der Waals surface area contributed by atoms with E-state index in [1.54, 1.807) is 0 Å². The number of benzene rings is 1. The fourth-order valence-electron chi connectivity index (χ4n) is 0.769. The summed E-state index contributed by atoms with van der Waals surface area (Å²) in [7, 11) is 0. The largest absolute Gasteiger partial charge is 0.207 e. The average molecular weight is 153 g/mol. The zero-order valence-corrected chi connectivity index (χ0v) is 5.85. The van der Waals surface area contributed by atoms with E-state index in [1.165, 1.54) is 12.5 Å². The van der Waals surface area contributed by atoms with Gasteiger partial charge in [-0.25, -0.2) is 8.78 Å². The molecule has 0 aliphatic heterocycles. The second-order valence-electron chi connectivity index (χ2n) is 2.07. The average Bonchev–Trinajstić information content (AvgIpc) is 1.98. The molecule has 0 nitrogen and oxygen atoms in total. The number of hydrogen-bond donors (Lipinski definition) is 0. The van der Waals surface area contributed by atoms with Crippen molar-refractivity contribution in [2.45, 2.75) is 0 Å². The molecule has 1 rings (SSSR count). The summed E-state index contributed by atoms with van der Waals surface area (Å²) in [5, 5.41) is 0. The van der Waals surface area contributed by atoms with Crippen LogP contribution in [-0.2, 0) is 0 Å². The molecule has 0 saturated carbocycles. The Morgan fingerprint density at radius 3 is 2.64 bits per heavy atom. The molecule has 0 atom stereocenters. The minimum Gasteiger partial charge on any atom is -0.207 e. The first-order valence-corrected chi connectivity index (χ1v) is 3.15. The molecule has 0 amide bonds. The molecule has 0 heterocycles. The molecule has 1 aromatic carbocycles. The van der Waals surface area contributed by atoms with Crippen LogP contribution in [0.1, 0.15) is 5.56 Å². The normalized spacial score (nSPS) is 9.64. The van der Waals surface area contributed by atoms with E-state index in [9.17, 15) is 8.78 Å². The lowest BCUT2D eigenvalue weighted by Gasteiger charge is -1.97. The van der Waals surface area contributed by atoms with Crippen LogP contribution in [0.2, 0.25) is 0 Å². The lowest BCUT2D eigenvalue weighted by Crippen LogP contribution is -1.86. The first-order valence-electron chi connectivity index (χ1n) is 3.15. The molecule has 0 aliphatic rings. The van der Waals surface area contributed by atoms with Gasteiger partial charge >= 0.3 is 0 Å². The highest BCUT2D eigenvalue weighted by Crippen LogP contribution is 2.11. The van der Waals surface area contributed by atoms with Gasteiger partial charge < -0.3 is 0 Å². The highest BCUT2D eigenvalue weighted by molar-refractivity contribution is 5.29. The fourth-order valence-corrected chi connectivity index (χ4v) is 0.769. The van der Waals surface area contributed by atoms with Crippen LogP contribution in [0.15, 0.2) is 30.9 Å². The highest BCUT2D eigenvalue weighted by Gasteiger charge is 2.00. The van der Waals surface area contributed by atoms with Gasteiger partial charge in [-0.05, 0) is 23.8 Å². The Kier molecular flexibility index (Phi) is 2.36. The standard InChI is InChI=1S/C9H7F2/c1-2-3-7-6-8(10)4-5-9(7)11/h2-6H,1H2. The van der Waals surface area contributed by atoms with Crippen molar-refractivity contribution in [1.82, 2.24) is 0 Å². The predicted octanol–water partition coefficient (Wildman–Crippen LogP) is 2.70. The van der Waals surface area contributed by atoms with Crippen molar-refractivity contribution < 1.29 is 8.78 Å². The molecule has 57 valence electrons. The van der Waals surface area contributed by atoms with Gasteiger partial charge in [0.05, 0.1) is 0 Å². The van der Waals surface area contributed by atoms with Gasteiger partial charge in [0.2, 0.25) is 0 Å². The van der Waals surface area contributed by atoms with E-state index in [-0.39, 0.29) is 5.56 Å². The van der Waals surface area contributed by atoms with Crippen LogP contribution in [0.5, 0.6) is 0 Å². The Hall–Kier alpha value is -1.18. The zero-order chi connectivity index (χ0) is 8.27. The summed E-state index contributed by atoms with van der Waals surface area (Å²) in [6.45, 7) is 3.38. The molecule has 1 aromatic rings. The number of rotatable bonds is 2. The minimum absolute atomic E-state index is 0.222. The van der Waals surface area contributed by atoms with Crippen LogP contribution < -0.4 is 0 Å². The molecule has 0 aromatic heterocycles. The first-order chi connectivity index (χ1) is 5.24. The number of halogens is 2. The molecule has 11 heavy (non-hydrogen) atoms. The molecule has 0 fully saturated rings. The zero-order valence-electron chi connectivity index (χ0n) is 5.85. The van der Waals surface area contributed by atoms with Crippen molar-refractivity contribution in [3.63, 3.8) is 0 Å². The molecule has 0 unspecified atom stereocenters. The third kappa shape index (κ3) is 1.87. The monoisotopic (exact) mass is 153 g/mol. The maximum Gasteiger partial charge on any atom is 0.127 e. The quantitative estimate of drug-likeness (QED) is 0.612. The summed E-state index contributed by atoms with van der Waals surface area (Å²) in [5.74, 6) is -0.884. The van der Waals surface area contributed by atoms with Gasteiger partial charge in [0, 0.05) is 6.42 Å². The first kappa shape index (κ1) is 7.92. The van der Waals surface area contributed by atoms with Gasteiger partial charge in [-0.1, -0.05) is 6.08 Å². The number of hydrogen-bond acceptors (Lipinski definition) is 0. The van der Waals surface area contributed by atoms with Crippen molar-refractivity contribution in [3.05, 3.63) is 54.5 Å².